The molecule has 0 unspecified atom stereocenters. The van der Waals surface area contributed by atoms with Crippen LogP contribution in [0.4, 0.5) is 0 Å². The van der Waals surface area contributed by atoms with Gasteiger partial charge in [0.1, 0.15) is 0 Å². The third-order valence-corrected chi connectivity index (χ3v) is 4.71. The van der Waals surface area contributed by atoms with Gasteiger partial charge in [-0.2, -0.15) is 5.10 Å². The van der Waals surface area contributed by atoms with E-state index in [0.717, 1.165) is 0 Å². The zero-order chi connectivity index (χ0) is 22.0. The van der Waals surface area contributed by atoms with E-state index in [2.05, 4.69) is 15.2 Å². The molecule has 3 aromatic rings. The molecule has 0 spiro atoms. The summed E-state index contributed by atoms with van der Waals surface area (Å²) in [5.74, 6) is -1.89. The zero-order valence-corrected chi connectivity index (χ0v) is 17.0. The number of H-pyrrole nitrogens is 2. The van der Waals surface area contributed by atoms with Gasteiger partial charge in [0.15, 0.2) is 11.8 Å². The van der Waals surface area contributed by atoms with Gasteiger partial charge in [-0.05, 0) is 39.3 Å². The maximum absolute atomic E-state index is 12.9. The molecular weight excluding hydrogens is 390 g/mol. The summed E-state index contributed by atoms with van der Waals surface area (Å²) in [6, 6.07) is 6.46. The van der Waals surface area contributed by atoms with Gasteiger partial charge in [-0.3, -0.25) is 9.59 Å². The van der Waals surface area contributed by atoms with E-state index in [9.17, 15) is 19.2 Å². The number of fused-ring (bicyclic) bond motifs is 1. The molecule has 2 aromatic heterocycles. The van der Waals surface area contributed by atoms with Gasteiger partial charge in [-0.15, -0.1) is 0 Å². The van der Waals surface area contributed by atoms with E-state index in [1.165, 1.54) is 6.92 Å². The molecule has 0 radical (unpaired) electrons. The molecule has 1 aromatic carbocycles. The van der Waals surface area contributed by atoms with Crippen LogP contribution in [0.15, 0.2) is 29.1 Å². The zero-order valence-electron chi connectivity index (χ0n) is 17.0. The lowest BCUT2D eigenvalue weighted by Crippen LogP contribution is -2.26. The number of aryl methyl sites for hydroxylation is 1. The number of Topliss-reactive ketones (excluding diaryl/α,β-unsaturated/α-hetero) is 1. The summed E-state index contributed by atoms with van der Waals surface area (Å²) in [6.45, 7) is 6.60. The number of carbonyl (C=O) groups is 3. The van der Waals surface area contributed by atoms with Crippen LogP contribution in [0.5, 0.6) is 0 Å². The van der Waals surface area contributed by atoms with Gasteiger partial charge in [0.05, 0.1) is 23.3 Å². The maximum Gasteiger partial charge on any atom is 0.360 e. The lowest BCUT2D eigenvalue weighted by Gasteiger charge is -2.12. The third kappa shape index (κ3) is 3.73. The summed E-state index contributed by atoms with van der Waals surface area (Å²) in [4.78, 5) is 52.4. The highest BCUT2D eigenvalue weighted by Gasteiger charge is 2.28. The molecule has 2 N–H and O–H groups in total. The Labute approximate surface area is 171 Å². The van der Waals surface area contributed by atoms with Crippen molar-refractivity contribution in [1.82, 2.24) is 15.2 Å². The van der Waals surface area contributed by atoms with Gasteiger partial charge in [-0.25, -0.2) is 14.7 Å². The molecule has 1 atom stereocenters. The minimum Gasteiger partial charge on any atom is -0.462 e. The first-order valence-electron chi connectivity index (χ1n) is 9.35. The number of hydrogen-bond acceptors (Lipinski definition) is 7. The number of nitrogens with zero attached hydrogens (tertiary/aromatic N) is 1. The fraction of sp³-hybridized carbons (Fsp3) is 0.286. The van der Waals surface area contributed by atoms with Crippen LogP contribution in [0.25, 0.3) is 10.8 Å². The smallest absolute Gasteiger partial charge is 0.360 e. The number of carbonyl (C=O) groups excluding carboxylic acids is 3. The highest BCUT2D eigenvalue weighted by atomic mass is 16.5. The Balaban J connectivity index is 1.86. The minimum absolute atomic E-state index is 0.101. The number of benzene rings is 1. The van der Waals surface area contributed by atoms with E-state index < -0.39 is 29.4 Å². The van der Waals surface area contributed by atoms with Gasteiger partial charge >= 0.3 is 11.9 Å². The van der Waals surface area contributed by atoms with Crippen LogP contribution in [0, 0.1) is 13.8 Å². The van der Waals surface area contributed by atoms with E-state index in [0.29, 0.717) is 16.6 Å². The summed E-state index contributed by atoms with van der Waals surface area (Å²) >= 11 is 0. The van der Waals surface area contributed by atoms with E-state index in [4.69, 9.17) is 9.47 Å². The Morgan fingerprint density at radius 3 is 2.43 bits per heavy atom. The Bertz CT molecular complexity index is 1210. The summed E-state index contributed by atoms with van der Waals surface area (Å²) < 4.78 is 10.3. The minimum atomic E-state index is -1.16. The lowest BCUT2D eigenvalue weighted by atomic mass is 10.1. The first-order chi connectivity index (χ1) is 14.3. The SMILES string of the molecule is CCOC(=O)c1c(C)[nH]c(C(=O)[C@H](C)OC(=O)c2n[nH]c(=O)c3ccccc23)c1C. The summed E-state index contributed by atoms with van der Waals surface area (Å²) in [7, 11) is 0. The number of aromatic nitrogens is 3. The average molecular weight is 411 g/mol. The number of ketones is 1. The van der Waals surface area contributed by atoms with Crippen LogP contribution in [0.1, 0.15) is 56.4 Å². The molecule has 9 heteroatoms. The van der Waals surface area contributed by atoms with Crippen molar-refractivity contribution in [3.63, 3.8) is 0 Å². The molecular formula is C21H21N3O6. The molecule has 0 amide bonds. The molecule has 0 fully saturated rings. The number of esters is 2. The fourth-order valence-electron chi connectivity index (χ4n) is 3.25. The first-order valence-corrected chi connectivity index (χ1v) is 9.35. The van der Waals surface area contributed by atoms with Gasteiger partial charge in [-0.1, -0.05) is 18.2 Å². The lowest BCUT2D eigenvalue weighted by molar-refractivity contribution is 0.0312. The Hall–Kier alpha value is -3.75. The van der Waals surface area contributed by atoms with E-state index >= 15 is 0 Å². The van der Waals surface area contributed by atoms with Gasteiger partial charge < -0.3 is 14.5 Å². The predicted octanol–water partition coefficient (Wildman–Crippen LogP) is 2.47. The van der Waals surface area contributed by atoms with Crippen molar-refractivity contribution in [1.29, 1.82) is 0 Å². The molecule has 0 bridgehead atoms. The quantitative estimate of drug-likeness (QED) is 0.470. The average Bonchev–Trinajstić information content (AvgIpc) is 3.02. The second-order valence-electron chi connectivity index (χ2n) is 6.70. The molecule has 0 saturated heterocycles. The van der Waals surface area contributed by atoms with E-state index in [-0.39, 0.29) is 28.9 Å². The highest BCUT2D eigenvalue weighted by Crippen LogP contribution is 2.22. The molecule has 9 nitrogen and oxygen atoms in total. The second-order valence-corrected chi connectivity index (χ2v) is 6.70. The molecule has 156 valence electrons. The molecule has 0 saturated carbocycles. The predicted molar refractivity (Wildman–Crippen MR) is 108 cm³/mol. The molecule has 2 heterocycles. The Morgan fingerprint density at radius 1 is 1.10 bits per heavy atom. The van der Waals surface area contributed by atoms with E-state index in [1.54, 1.807) is 45.0 Å². The normalized spacial score (nSPS) is 11.9. The summed E-state index contributed by atoms with van der Waals surface area (Å²) in [5.41, 5.74) is 0.821. The van der Waals surface area contributed by atoms with Crippen LogP contribution in [-0.4, -0.2) is 45.6 Å². The van der Waals surface area contributed by atoms with Crippen molar-refractivity contribution in [3.8, 4) is 0 Å². The standard InChI is InChI=1S/C21H21N3O6/c1-5-29-20(27)15-10(2)16(22-11(15)3)18(25)12(4)30-21(28)17-13-8-6-7-9-14(13)19(26)24-23-17/h6-9,12,22H,5H2,1-4H3,(H,24,26)/t12-/m0/s1. The number of hydrogen-bond donors (Lipinski definition) is 2. The van der Waals surface area contributed by atoms with Crippen molar-refractivity contribution in [2.75, 3.05) is 6.61 Å². The largest absolute Gasteiger partial charge is 0.462 e. The van der Waals surface area contributed by atoms with Crippen molar-refractivity contribution in [2.45, 2.75) is 33.8 Å². The number of ether oxygens (including phenoxy) is 2. The van der Waals surface area contributed by atoms with Gasteiger partial charge in [0.2, 0.25) is 5.78 Å². The van der Waals surface area contributed by atoms with Crippen LogP contribution in [-0.2, 0) is 9.47 Å². The molecule has 30 heavy (non-hydrogen) atoms. The molecule has 3 rings (SSSR count). The Morgan fingerprint density at radius 2 is 1.77 bits per heavy atom. The highest BCUT2D eigenvalue weighted by molar-refractivity contribution is 6.06. The third-order valence-electron chi connectivity index (χ3n) is 4.71. The van der Waals surface area contributed by atoms with Crippen LogP contribution in [0.2, 0.25) is 0 Å². The maximum atomic E-state index is 12.9. The second kappa shape index (κ2) is 8.32. The van der Waals surface area contributed by atoms with Crippen molar-refractivity contribution in [2.24, 2.45) is 0 Å². The van der Waals surface area contributed by atoms with Gasteiger partial charge in [0, 0.05) is 11.1 Å². The summed E-state index contributed by atoms with van der Waals surface area (Å²) in [6.07, 6.45) is -1.16. The number of rotatable bonds is 6. The van der Waals surface area contributed by atoms with Crippen LogP contribution >= 0.6 is 0 Å². The van der Waals surface area contributed by atoms with Crippen LogP contribution < -0.4 is 5.56 Å². The number of aromatic amines is 2. The Kier molecular flexibility index (Phi) is 5.81. The van der Waals surface area contributed by atoms with Crippen molar-refractivity contribution in [3.05, 3.63) is 62.8 Å². The fourth-order valence-corrected chi connectivity index (χ4v) is 3.25. The summed E-state index contributed by atoms with van der Waals surface area (Å²) in [5, 5.41) is 6.64. The topological polar surface area (TPSA) is 131 Å². The monoisotopic (exact) mass is 411 g/mol. The first kappa shape index (κ1) is 21.0. The van der Waals surface area contributed by atoms with Crippen molar-refractivity contribution >= 4 is 28.5 Å². The van der Waals surface area contributed by atoms with Crippen molar-refractivity contribution < 1.29 is 23.9 Å². The number of nitrogens with one attached hydrogen (secondary N) is 2. The molecule has 0 aliphatic rings. The van der Waals surface area contributed by atoms with Gasteiger partial charge in [0.25, 0.3) is 5.56 Å². The molecule has 0 aliphatic carbocycles. The molecule has 0 aliphatic heterocycles. The van der Waals surface area contributed by atoms with Crippen LogP contribution in [0.3, 0.4) is 0 Å². The van der Waals surface area contributed by atoms with E-state index in [1.807, 2.05) is 0 Å².